The highest BCUT2D eigenvalue weighted by Gasteiger charge is 2.10. The number of nitrogens with one attached hydrogen (secondary N) is 2. The van der Waals surface area contributed by atoms with Gasteiger partial charge in [-0.3, -0.25) is 15.0 Å². The number of nitrogens with two attached hydrogens (primary N) is 4. The number of rotatable bonds is 10. The number of unbranched alkanes of at least 4 members (excludes halogenated alkanes) is 1. The van der Waals surface area contributed by atoms with Crippen molar-refractivity contribution in [1.82, 2.24) is 5.32 Å². The van der Waals surface area contributed by atoms with Gasteiger partial charge in [0.25, 0.3) is 0 Å². The van der Waals surface area contributed by atoms with Crippen LogP contribution in [0.1, 0.15) is 32.1 Å². The summed E-state index contributed by atoms with van der Waals surface area (Å²) in [5, 5.41) is 26.1. The molecule has 0 aliphatic heterocycles. The van der Waals surface area contributed by atoms with E-state index >= 15 is 0 Å². The molecule has 130 valence electrons. The minimum atomic E-state index is -0.973. The topological polar surface area (TPSA) is 215 Å². The molecule has 0 aliphatic rings. The SMILES string of the molecule is N=C(N)NCCCCC(N)C(=O)O.NCCCC(N)C(=O)O. The van der Waals surface area contributed by atoms with E-state index in [1.165, 1.54) is 0 Å². The van der Waals surface area contributed by atoms with Crippen LogP contribution < -0.4 is 28.3 Å². The second kappa shape index (κ2) is 14.0. The molecule has 0 saturated carbocycles. The molecule has 12 N–H and O–H groups in total. The van der Waals surface area contributed by atoms with E-state index in [4.69, 9.17) is 38.6 Å². The molecule has 0 aliphatic carbocycles. The molecule has 0 spiro atoms. The first-order chi connectivity index (χ1) is 10.2. The number of hydrogen-bond donors (Lipinski definition) is 8. The van der Waals surface area contributed by atoms with Gasteiger partial charge in [-0.15, -0.1) is 0 Å². The Morgan fingerprint density at radius 1 is 1.00 bits per heavy atom. The van der Waals surface area contributed by atoms with E-state index in [0.717, 1.165) is 6.42 Å². The molecule has 0 aromatic rings. The molecule has 10 heteroatoms. The first kappa shape index (κ1) is 22.4. The third kappa shape index (κ3) is 16.1. The van der Waals surface area contributed by atoms with Crippen LogP contribution >= 0.6 is 0 Å². The van der Waals surface area contributed by atoms with E-state index < -0.39 is 24.0 Å². The largest absolute Gasteiger partial charge is 0.480 e. The Bertz CT molecular complexity index is 340. The molecule has 2 atom stereocenters. The summed E-state index contributed by atoms with van der Waals surface area (Å²) in [6, 6.07) is -1.52. The molecular formula is C12H28N6O4. The molecule has 0 rings (SSSR count). The van der Waals surface area contributed by atoms with Crippen molar-refractivity contribution in [3.63, 3.8) is 0 Å². The van der Waals surface area contributed by atoms with E-state index in [2.05, 4.69) is 5.32 Å². The summed E-state index contributed by atoms with van der Waals surface area (Å²) in [6.07, 6.45) is 3.07. The number of carbonyl (C=O) groups is 2. The fourth-order valence-corrected chi connectivity index (χ4v) is 1.30. The molecule has 0 aromatic carbocycles. The summed E-state index contributed by atoms with van der Waals surface area (Å²) in [6.45, 7) is 1.09. The third-order valence-corrected chi connectivity index (χ3v) is 2.61. The Labute approximate surface area is 129 Å². The van der Waals surface area contributed by atoms with Crippen LogP contribution in [-0.2, 0) is 9.59 Å². The van der Waals surface area contributed by atoms with E-state index in [1.54, 1.807) is 0 Å². The summed E-state index contributed by atoms with van der Waals surface area (Å²) in [4.78, 5) is 20.3. The molecule has 0 radical (unpaired) electrons. The average molecular weight is 320 g/mol. The van der Waals surface area contributed by atoms with Gasteiger partial charge in [-0.2, -0.15) is 0 Å². The van der Waals surface area contributed by atoms with Crippen molar-refractivity contribution in [2.75, 3.05) is 13.1 Å². The molecule has 22 heavy (non-hydrogen) atoms. The van der Waals surface area contributed by atoms with Crippen LogP contribution in [0.3, 0.4) is 0 Å². The van der Waals surface area contributed by atoms with Crippen LogP contribution in [0.25, 0.3) is 0 Å². The first-order valence-electron chi connectivity index (χ1n) is 6.97. The van der Waals surface area contributed by atoms with Gasteiger partial charge in [0.2, 0.25) is 0 Å². The maximum atomic E-state index is 10.3. The number of carboxylic acids is 2. The van der Waals surface area contributed by atoms with Crippen LogP contribution in [0.15, 0.2) is 0 Å². The first-order valence-corrected chi connectivity index (χ1v) is 6.97. The zero-order valence-corrected chi connectivity index (χ0v) is 12.6. The van der Waals surface area contributed by atoms with Crippen molar-refractivity contribution in [3.8, 4) is 0 Å². The van der Waals surface area contributed by atoms with Gasteiger partial charge in [-0.1, -0.05) is 0 Å². The minimum absolute atomic E-state index is 0.0671. The molecule has 0 amide bonds. The predicted molar refractivity (Wildman–Crippen MR) is 83.3 cm³/mol. The van der Waals surface area contributed by atoms with Gasteiger partial charge in [-0.05, 0) is 38.6 Å². The summed E-state index contributed by atoms with van der Waals surface area (Å²) in [5.41, 5.74) is 20.6. The van der Waals surface area contributed by atoms with Gasteiger partial charge in [0.05, 0.1) is 0 Å². The second-order valence-electron chi connectivity index (χ2n) is 4.66. The monoisotopic (exact) mass is 320 g/mol. The highest BCUT2D eigenvalue weighted by molar-refractivity contribution is 5.74. The average Bonchev–Trinajstić information content (AvgIpc) is 2.44. The lowest BCUT2D eigenvalue weighted by atomic mass is 10.1. The Kier molecular flexibility index (Phi) is 14.3. The third-order valence-electron chi connectivity index (χ3n) is 2.61. The van der Waals surface area contributed by atoms with E-state index in [0.29, 0.717) is 38.8 Å². The fraction of sp³-hybridized carbons (Fsp3) is 0.750. The van der Waals surface area contributed by atoms with Crippen LogP contribution in [0.2, 0.25) is 0 Å². The molecule has 0 aromatic heterocycles. The van der Waals surface area contributed by atoms with E-state index in [-0.39, 0.29) is 5.96 Å². The number of carboxylic acid groups (broad SMARTS) is 2. The van der Waals surface area contributed by atoms with Crippen LogP contribution in [0.4, 0.5) is 0 Å². The van der Waals surface area contributed by atoms with Gasteiger partial charge in [0, 0.05) is 6.54 Å². The van der Waals surface area contributed by atoms with Crippen LogP contribution in [0, 0.1) is 5.41 Å². The van der Waals surface area contributed by atoms with Crippen molar-refractivity contribution in [3.05, 3.63) is 0 Å². The minimum Gasteiger partial charge on any atom is -0.480 e. The van der Waals surface area contributed by atoms with Crippen molar-refractivity contribution < 1.29 is 19.8 Å². The number of aliphatic carboxylic acids is 2. The predicted octanol–water partition coefficient (Wildman–Crippen LogP) is -1.81. The van der Waals surface area contributed by atoms with Gasteiger partial charge in [0.1, 0.15) is 12.1 Å². The van der Waals surface area contributed by atoms with Crippen molar-refractivity contribution in [2.45, 2.75) is 44.2 Å². The molecule has 2 unspecified atom stereocenters. The lowest BCUT2D eigenvalue weighted by Crippen LogP contribution is -2.32. The normalized spacial score (nSPS) is 12.5. The molecule has 0 heterocycles. The van der Waals surface area contributed by atoms with Crippen LogP contribution in [-0.4, -0.2) is 53.3 Å². The molecule has 0 bridgehead atoms. The highest BCUT2D eigenvalue weighted by Crippen LogP contribution is 1.97. The Morgan fingerprint density at radius 3 is 1.82 bits per heavy atom. The van der Waals surface area contributed by atoms with Gasteiger partial charge < -0.3 is 38.5 Å². The maximum absolute atomic E-state index is 10.3. The molecule has 0 fully saturated rings. The molecule has 0 saturated heterocycles. The summed E-state index contributed by atoms with van der Waals surface area (Å²) < 4.78 is 0. The highest BCUT2D eigenvalue weighted by atomic mass is 16.4. The summed E-state index contributed by atoms with van der Waals surface area (Å²) in [7, 11) is 0. The van der Waals surface area contributed by atoms with E-state index in [9.17, 15) is 9.59 Å². The van der Waals surface area contributed by atoms with Crippen molar-refractivity contribution in [1.29, 1.82) is 5.41 Å². The van der Waals surface area contributed by atoms with Crippen molar-refractivity contribution >= 4 is 17.9 Å². The van der Waals surface area contributed by atoms with Gasteiger partial charge in [0.15, 0.2) is 5.96 Å². The van der Waals surface area contributed by atoms with Gasteiger partial charge in [-0.25, -0.2) is 0 Å². The fourth-order valence-electron chi connectivity index (χ4n) is 1.30. The maximum Gasteiger partial charge on any atom is 0.320 e. The van der Waals surface area contributed by atoms with Crippen molar-refractivity contribution in [2.24, 2.45) is 22.9 Å². The standard InChI is InChI=1S/C7H16N4O2.C5H12N2O2/c8-5(6(12)13)3-1-2-4-11-7(9)10;6-3-1-2-4(7)5(8)9/h5H,1-4,8H2,(H,12,13)(H4,9,10,11);4H,1-3,6-7H2,(H,8,9). The quantitative estimate of drug-likeness (QED) is 0.129. The zero-order valence-electron chi connectivity index (χ0n) is 12.6. The lowest BCUT2D eigenvalue weighted by Gasteiger charge is -2.06. The van der Waals surface area contributed by atoms with Crippen LogP contribution in [0.5, 0.6) is 0 Å². The zero-order chi connectivity index (χ0) is 17.5. The number of guanidine groups is 1. The Morgan fingerprint density at radius 2 is 1.45 bits per heavy atom. The lowest BCUT2D eigenvalue weighted by molar-refractivity contribution is -0.139. The second-order valence-corrected chi connectivity index (χ2v) is 4.66. The van der Waals surface area contributed by atoms with Gasteiger partial charge >= 0.3 is 11.9 Å². The molecular weight excluding hydrogens is 292 g/mol. The number of hydrogen-bond acceptors (Lipinski definition) is 6. The smallest absolute Gasteiger partial charge is 0.320 e. The summed E-state index contributed by atoms with van der Waals surface area (Å²) in [5.74, 6) is -1.99. The Hall–Kier alpha value is -1.91. The van der Waals surface area contributed by atoms with E-state index in [1.807, 2.05) is 0 Å². The Balaban J connectivity index is 0. The molecule has 10 nitrogen and oxygen atoms in total. The summed E-state index contributed by atoms with van der Waals surface area (Å²) >= 11 is 0.